The molecule has 5 nitrogen and oxygen atoms in total. The molecule has 3 N–H and O–H groups in total. The van der Waals surface area contributed by atoms with Crippen molar-refractivity contribution in [3.8, 4) is 5.75 Å². The summed E-state index contributed by atoms with van der Waals surface area (Å²) in [6, 6.07) is 7.37. The Labute approximate surface area is 114 Å². The summed E-state index contributed by atoms with van der Waals surface area (Å²) < 4.78 is 5.20. The van der Waals surface area contributed by atoms with E-state index < -0.39 is 0 Å². The largest absolute Gasteiger partial charge is 0.495 e. The van der Waals surface area contributed by atoms with Crippen LogP contribution >= 0.6 is 0 Å². The van der Waals surface area contributed by atoms with Gasteiger partial charge in [-0.2, -0.15) is 0 Å². The minimum Gasteiger partial charge on any atom is -0.495 e. The van der Waals surface area contributed by atoms with Crippen molar-refractivity contribution >= 4 is 11.6 Å². The number of nitrogens with zero attached hydrogens (tertiary/aromatic N) is 1. The lowest BCUT2D eigenvalue weighted by Gasteiger charge is -2.20. The van der Waals surface area contributed by atoms with Crippen LogP contribution in [0.5, 0.6) is 5.75 Å². The first-order valence-corrected chi connectivity index (χ1v) is 6.56. The summed E-state index contributed by atoms with van der Waals surface area (Å²) in [5, 5.41) is 2.86. The van der Waals surface area contributed by atoms with Gasteiger partial charge in [-0.1, -0.05) is 19.1 Å². The number of methoxy groups -OCH3 is 1. The number of nitrogens with two attached hydrogens (primary N) is 1. The van der Waals surface area contributed by atoms with Crippen LogP contribution in [-0.2, 0) is 4.79 Å². The summed E-state index contributed by atoms with van der Waals surface area (Å²) in [7, 11) is 1.59. The normalized spacial score (nSPS) is 10.5. The molecule has 0 radical (unpaired) electrons. The molecule has 19 heavy (non-hydrogen) atoms. The molecule has 0 fully saturated rings. The van der Waals surface area contributed by atoms with E-state index in [-0.39, 0.29) is 5.91 Å². The summed E-state index contributed by atoms with van der Waals surface area (Å²) in [5.41, 5.74) is 6.23. The lowest BCUT2D eigenvalue weighted by molar-refractivity contribution is -0.117. The van der Waals surface area contributed by atoms with Gasteiger partial charge in [-0.3, -0.25) is 9.69 Å². The molecule has 0 saturated heterocycles. The molecule has 0 atom stereocenters. The number of nitrogens with one attached hydrogen (secondary N) is 1. The van der Waals surface area contributed by atoms with E-state index in [1.165, 1.54) is 0 Å². The molecular weight excluding hydrogens is 242 g/mol. The Kier molecular flexibility index (Phi) is 6.92. The van der Waals surface area contributed by atoms with E-state index in [1.807, 2.05) is 29.2 Å². The highest BCUT2D eigenvalue weighted by atomic mass is 16.5. The fourth-order valence-corrected chi connectivity index (χ4v) is 1.91. The van der Waals surface area contributed by atoms with E-state index >= 15 is 0 Å². The number of anilines is 1. The Balaban J connectivity index is 2.58. The van der Waals surface area contributed by atoms with Crippen molar-refractivity contribution in [2.75, 3.05) is 38.6 Å². The van der Waals surface area contributed by atoms with Gasteiger partial charge >= 0.3 is 0 Å². The third kappa shape index (κ3) is 5.28. The van der Waals surface area contributed by atoms with Crippen LogP contribution in [0, 0.1) is 0 Å². The highest BCUT2D eigenvalue weighted by Gasteiger charge is 2.11. The molecule has 0 heterocycles. The zero-order valence-corrected chi connectivity index (χ0v) is 11.7. The molecular formula is C14H23N3O2. The fraction of sp³-hybridized carbons (Fsp3) is 0.500. The summed E-state index contributed by atoms with van der Waals surface area (Å²) in [6.07, 6.45) is 1.00. The quantitative estimate of drug-likeness (QED) is 0.743. The fourth-order valence-electron chi connectivity index (χ4n) is 1.91. The topological polar surface area (TPSA) is 67.6 Å². The highest BCUT2D eigenvalue weighted by Crippen LogP contribution is 2.22. The van der Waals surface area contributed by atoms with Crippen LogP contribution in [0.4, 0.5) is 5.69 Å². The second kappa shape index (κ2) is 8.50. The van der Waals surface area contributed by atoms with Crippen molar-refractivity contribution in [1.82, 2.24) is 4.90 Å². The number of rotatable bonds is 8. The molecule has 0 aliphatic heterocycles. The van der Waals surface area contributed by atoms with Crippen LogP contribution in [0.2, 0.25) is 0 Å². The summed E-state index contributed by atoms with van der Waals surface area (Å²) in [4.78, 5) is 14.0. The third-order valence-electron chi connectivity index (χ3n) is 2.73. The molecule has 1 aromatic carbocycles. The lowest BCUT2D eigenvalue weighted by Crippen LogP contribution is -2.37. The molecule has 5 heteroatoms. The molecule has 1 amide bonds. The number of amides is 1. The van der Waals surface area contributed by atoms with Crippen LogP contribution in [0.1, 0.15) is 13.3 Å². The first kappa shape index (κ1) is 15.5. The van der Waals surface area contributed by atoms with Crippen LogP contribution in [0.15, 0.2) is 24.3 Å². The average Bonchev–Trinajstić information content (AvgIpc) is 2.40. The van der Waals surface area contributed by atoms with Gasteiger partial charge in [0, 0.05) is 13.1 Å². The standard InChI is InChI=1S/C14H23N3O2/c1-3-9-17(10-8-15)11-14(18)16-12-6-4-5-7-13(12)19-2/h4-7H,3,8-11,15H2,1-2H3,(H,16,18). The second-order valence-electron chi connectivity index (χ2n) is 4.31. The third-order valence-corrected chi connectivity index (χ3v) is 2.73. The monoisotopic (exact) mass is 265 g/mol. The number of para-hydroxylation sites is 2. The van der Waals surface area contributed by atoms with Crippen molar-refractivity contribution in [3.63, 3.8) is 0 Å². The molecule has 106 valence electrons. The Bertz CT molecular complexity index is 390. The molecule has 1 aromatic rings. The van der Waals surface area contributed by atoms with E-state index in [9.17, 15) is 4.79 Å². The van der Waals surface area contributed by atoms with Gasteiger partial charge in [-0.25, -0.2) is 0 Å². The van der Waals surface area contributed by atoms with E-state index in [1.54, 1.807) is 7.11 Å². The smallest absolute Gasteiger partial charge is 0.238 e. The van der Waals surface area contributed by atoms with Crippen molar-refractivity contribution in [1.29, 1.82) is 0 Å². The predicted molar refractivity (Wildman–Crippen MR) is 77.4 cm³/mol. The van der Waals surface area contributed by atoms with Crippen LogP contribution in [-0.4, -0.2) is 44.1 Å². The number of benzene rings is 1. The first-order chi connectivity index (χ1) is 9.21. The van der Waals surface area contributed by atoms with Gasteiger partial charge in [0.2, 0.25) is 5.91 Å². The molecule has 0 unspecified atom stereocenters. The van der Waals surface area contributed by atoms with Crippen LogP contribution in [0.3, 0.4) is 0 Å². The zero-order valence-electron chi connectivity index (χ0n) is 11.7. The van der Waals surface area contributed by atoms with E-state index in [0.29, 0.717) is 24.5 Å². The first-order valence-electron chi connectivity index (χ1n) is 6.56. The number of hydrogen-bond acceptors (Lipinski definition) is 4. The molecule has 0 aromatic heterocycles. The van der Waals surface area contributed by atoms with E-state index in [2.05, 4.69) is 12.2 Å². The number of carbonyl (C=O) groups excluding carboxylic acids is 1. The Morgan fingerprint density at radius 2 is 2.11 bits per heavy atom. The maximum atomic E-state index is 12.0. The van der Waals surface area contributed by atoms with Gasteiger partial charge in [-0.05, 0) is 25.1 Å². The van der Waals surface area contributed by atoms with Crippen LogP contribution < -0.4 is 15.8 Å². The molecule has 0 aliphatic carbocycles. The van der Waals surface area contributed by atoms with E-state index in [4.69, 9.17) is 10.5 Å². The number of hydrogen-bond donors (Lipinski definition) is 2. The minimum atomic E-state index is -0.0496. The molecule has 1 rings (SSSR count). The van der Waals surface area contributed by atoms with Crippen molar-refractivity contribution in [2.24, 2.45) is 5.73 Å². The van der Waals surface area contributed by atoms with Gasteiger partial charge in [0.25, 0.3) is 0 Å². The molecule has 0 saturated carbocycles. The highest BCUT2D eigenvalue weighted by molar-refractivity contribution is 5.93. The molecule has 0 aliphatic rings. The van der Waals surface area contributed by atoms with Gasteiger partial charge in [0.15, 0.2) is 0 Å². The Morgan fingerprint density at radius 3 is 2.74 bits per heavy atom. The lowest BCUT2D eigenvalue weighted by atomic mass is 10.3. The summed E-state index contributed by atoms with van der Waals surface area (Å²) in [6.45, 7) is 4.59. The Morgan fingerprint density at radius 1 is 1.37 bits per heavy atom. The van der Waals surface area contributed by atoms with Gasteiger partial charge in [0.05, 0.1) is 19.3 Å². The predicted octanol–water partition coefficient (Wildman–Crippen LogP) is 1.30. The maximum Gasteiger partial charge on any atom is 0.238 e. The SMILES string of the molecule is CCCN(CCN)CC(=O)Nc1ccccc1OC. The number of carbonyl (C=O) groups is 1. The van der Waals surface area contributed by atoms with Gasteiger partial charge in [0.1, 0.15) is 5.75 Å². The molecule has 0 spiro atoms. The number of ether oxygens (including phenoxy) is 1. The maximum absolute atomic E-state index is 12.0. The Hall–Kier alpha value is -1.59. The second-order valence-corrected chi connectivity index (χ2v) is 4.31. The van der Waals surface area contributed by atoms with Gasteiger partial charge in [-0.15, -0.1) is 0 Å². The average molecular weight is 265 g/mol. The van der Waals surface area contributed by atoms with Crippen LogP contribution in [0.25, 0.3) is 0 Å². The minimum absolute atomic E-state index is 0.0496. The van der Waals surface area contributed by atoms with Crippen molar-refractivity contribution in [2.45, 2.75) is 13.3 Å². The zero-order chi connectivity index (χ0) is 14.1. The summed E-state index contributed by atoms with van der Waals surface area (Å²) in [5.74, 6) is 0.614. The van der Waals surface area contributed by atoms with Gasteiger partial charge < -0.3 is 15.8 Å². The summed E-state index contributed by atoms with van der Waals surface area (Å²) >= 11 is 0. The van der Waals surface area contributed by atoms with E-state index in [0.717, 1.165) is 19.5 Å². The molecule has 0 bridgehead atoms. The van der Waals surface area contributed by atoms with Crippen molar-refractivity contribution in [3.05, 3.63) is 24.3 Å². The van der Waals surface area contributed by atoms with Crippen molar-refractivity contribution < 1.29 is 9.53 Å².